The minimum absolute atomic E-state index is 0.129. The van der Waals surface area contributed by atoms with E-state index in [2.05, 4.69) is 0 Å². The van der Waals surface area contributed by atoms with Gasteiger partial charge in [-0.15, -0.1) is 0 Å². The van der Waals surface area contributed by atoms with Crippen LogP contribution in [0, 0.1) is 5.92 Å². The molecule has 1 aromatic rings. The van der Waals surface area contributed by atoms with Gasteiger partial charge in [0.25, 0.3) is 0 Å². The SMILES string of the molecule is CCc1cccc(S(=O)(=O)N2CCC[C@@H]2[C@@H]2COCC[C@H]2O)c1. The molecule has 23 heavy (non-hydrogen) atoms. The van der Waals surface area contributed by atoms with Gasteiger partial charge in [-0.2, -0.15) is 4.31 Å². The maximum Gasteiger partial charge on any atom is 0.243 e. The summed E-state index contributed by atoms with van der Waals surface area (Å²) in [5, 5.41) is 10.3. The van der Waals surface area contributed by atoms with Gasteiger partial charge in [0.1, 0.15) is 0 Å². The molecule has 2 heterocycles. The molecule has 2 fully saturated rings. The number of aliphatic hydroxyl groups excluding tert-OH is 1. The molecule has 0 aliphatic carbocycles. The van der Waals surface area contributed by atoms with Crippen LogP contribution in [0.1, 0.15) is 31.7 Å². The third kappa shape index (κ3) is 3.31. The summed E-state index contributed by atoms with van der Waals surface area (Å²) < 4.78 is 33.2. The lowest BCUT2D eigenvalue weighted by atomic mass is 9.90. The van der Waals surface area contributed by atoms with Gasteiger partial charge in [0.05, 0.1) is 17.6 Å². The quantitative estimate of drug-likeness (QED) is 0.908. The monoisotopic (exact) mass is 339 g/mol. The molecule has 0 bridgehead atoms. The number of aryl methyl sites for hydroxylation is 1. The Morgan fingerprint density at radius 2 is 2.17 bits per heavy atom. The lowest BCUT2D eigenvalue weighted by Crippen LogP contribution is -2.48. The van der Waals surface area contributed by atoms with Gasteiger partial charge in [-0.1, -0.05) is 19.1 Å². The zero-order valence-electron chi connectivity index (χ0n) is 13.5. The largest absolute Gasteiger partial charge is 0.393 e. The first-order chi connectivity index (χ1) is 11.0. The predicted octanol–water partition coefficient (Wildman–Crippen LogP) is 1.80. The van der Waals surface area contributed by atoms with Crippen LogP contribution in [0.2, 0.25) is 0 Å². The van der Waals surface area contributed by atoms with Crippen molar-refractivity contribution >= 4 is 10.0 Å². The Labute approximate surface area is 138 Å². The topological polar surface area (TPSA) is 66.8 Å². The predicted molar refractivity (Wildman–Crippen MR) is 87.7 cm³/mol. The van der Waals surface area contributed by atoms with Gasteiger partial charge >= 0.3 is 0 Å². The second-order valence-electron chi connectivity index (χ2n) is 6.42. The molecule has 3 atom stereocenters. The molecule has 0 aromatic heterocycles. The van der Waals surface area contributed by atoms with E-state index in [0.29, 0.717) is 31.1 Å². The van der Waals surface area contributed by atoms with E-state index < -0.39 is 16.1 Å². The van der Waals surface area contributed by atoms with Crippen LogP contribution in [0.4, 0.5) is 0 Å². The van der Waals surface area contributed by atoms with E-state index in [9.17, 15) is 13.5 Å². The maximum atomic E-state index is 13.1. The number of aliphatic hydroxyl groups is 1. The van der Waals surface area contributed by atoms with Crippen molar-refractivity contribution in [3.63, 3.8) is 0 Å². The van der Waals surface area contributed by atoms with E-state index in [1.807, 2.05) is 13.0 Å². The highest BCUT2D eigenvalue weighted by Gasteiger charge is 2.43. The van der Waals surface area contributed by atoms with Gasteiger partial charge in [0, 0.05) is 25.1 Å². The van der Waals surface area contributed by atoms with Crippen molar-refractivity contribution in [2.75, 3.05) is 19.8 Å². The Hall–Kier alpha value is -0.950. The van der Waals surface area contributed by atoms with Crippen LogP contribution in [0.25, 0.3) is 0 Å². The molecule has 5 nitrogen and oxygen atoms in total. The van der Waals surface area contributed by atoms with Crippen LogP contribution in [-0.2, 0) is 21.2 Å². The van der Waals surface area contributed by atoms with E-state index in [4.69, 9.17) is 4.74 Å². The highest BCUT2D eigenvalue weighted by atomic mass is 32.2. The number of hydrogen-bond acceptors (Lipinski definition) is 4. The Bertz CT molecular complexity index is 646. The number of rotatable bonds is 4. The van der Waals surface area contributed by atoms with E-state index in [1.54, 1.807) is 22.5 Å². The van der Waals surface area contributed by atoms with Gasteiger partial charge in [0.2, 0.25) is 10.0 Å². The Balaban J connectivity index is 1.88. The summed E-state index contributed by atoms with van der Waals surface area (Å²) in [5.74, 6) is -0.129. The number of benzene rings is 1. The Morgan fingerprint density at radius 1 is 1.35 bits per heavy atom. The van der Waals surface area contributed by atoms with Gasteiger partial charge in [-0.25, -0.2) is 8.42 Å². The maximum absolute atomic E-state index is 13.1. The first-order valence-electron chi connectivity index (χ1n) is 8.40. The zero-order chi connectivity index (χ0) is 16.4. The van der Waals surface area contributed by atoms with E-state index in [0.717, 1.165) is 24.8 Å². The van der Waals surface area contributed by atoms with Crippen molar-refractivity contribution < 1.29 is 18.3 Å². The highest BCUT2D eigenvalue weighted by molar-refractivity contribution is 7.89. The first-order valence-corrected chi connectivity index (χ1v) is 9.84. The van der Waals surface area contributed by atoms with Crippen molar-refractivity contribution in [1.29, 1.82) is 0 Å². The van der Waals surface area contributed by atoms with Gasteiger partial charge < -0.3 is 9.84 Å². The second kappa shape index (κ2) is 6.89. The molecular weight excluding hydrogens is 314 g/mol. The van der Waals surface area contributed by atoms with Crippen LogP contribution >= 0.6 is 0 Å². The summed E-state index contributed by atoms with van der Waals surface area (Å²) in [4.78, 5) is 0.356. The van der Waals surface area contributed by atoms with Crippen LogP contribution < -0.4 is 0 Å². The molecule has 0 unspecified atom stereocenters. The van der Waals surface area contributed by atoms with Crippen molar-refractivity contribution in [1.82, 2.24) is 4.31 Å². The molecule has 3 rings (SSSR count). The fourth-order valence-corrected chi connectivity index (χ4v) is 5.48. The molecule has 1 N–H and O–H groups in total. The lowest BCUT2D eigenvalue weighted by molar-refractivity contribution is -0.0543. The van der Waals surface area contributed by atoms with Crippen LogP contribution in [-0.4, -0.2) is 49.7 Å². The fraction of sp³-hybridized carbons (Fsp3) is 0.647. The first kappa shape index (κ1) is 16.9. The Morgan fingerprint density at radius 3 is 2.91 bits per heavy atom. The van der Waals surface area contributed by atoms with Gasteiger partial charge in [-0.05, 0) is 43.4 Å². The molecule has 0 radical (unpaired) electrons. The number of sulfonamides is 1. The fourth-order valence-electron chi connectivity index (χ4n) is 3.67. The minimum atomic E-state index is -3.53. The second-order valence-corrected chi connectivity index (χ2v) is 8.31. The van der Waals surface area contributed by atoms with Crippen molar-refractivity contribution in [2.45, 2.75) is 49.6 Å². The molecule has 0 saturated carbocycles. The average Bonchev–Trinajstić information content (AvgIpc) is 3.05. The molecule has 2 aliphatic heterocycles. The molecule has 6 heteroatoms. The molecule has 0 spiro atoms. The summed E-state index contributed by atoms with van der Waals surface area (Å²) in [6, 6.07) is 7.01. The standard InChI is InChI=1S/C17H25NO4S/c1-2-13-5-3-6-14(11-13)23(20,21)18-9-4-7-16(18)15-12-22-10-8-17(15)19/h3,5-6,11,15-17,19H,2,4,7-10,12H2,1H3/t15-,16+,17+/m0/s1. The van der Waals surface area contributed by atoms with Crippen LogP contribution in [0.15, 0.2) is 29.2 Å². The van der Waals surface area contributed by atoms with Gasteiger partial charge in [-0.3, -0.25) is 0 Å². The minimum Gasteiger partial charge on any atom is -0.393 e. The summed E-state index contributed by atoms with van der Waals surface area (Å²) >= 11 is 0. The molecule has 128 valence electrons. The third-order valence-corrected chi connectivity index (χ3v) is 6.94. The average molecular weight is 339 g/mol. The lowest BCUT2D eigenvalue weighted by Gasteiger charge is -2.36. The smallest absolute Gasteiger partial charge is 0.243 e. The normalized spacial score (nSPS) is 29.7. The number of hydrogen-bond donors (Lipinski definition) is 1. The summed E-state index contributed by atoms with van der Waals surface area (Å²) in [6.07, 6.45) is 2.53. The molecule has 2 aliphatic rings. The van der Waals surface area contributed by atoms with E-state index in [1.165, 1.54) is 0 Å². The van der Waals surface area contributed by atoms with E-state index >= 15 is 0 Å². The van der Waals surface area contributed by atoms with Crippen LogP contribution in [0.3, 0.4) is 0 Å². The molecule has 1 aromatic carbocycles. The molecular formula is C17H25NO4S. The number of ether oxygens (including phenoxy) is 1. The summed E-state index contributed by atoms with van der Waals surface area (Å²) in [7, 11) is -3.53. The van der Waals surface area contributed by atoms with Crippen molar-refractivity contribution in [3.05, 3.63) is 29.8 Å². The Kier molecular flexibility index (Phi) is 5.06. The third-order valence-electron chi connectivity index (χ3n) is 5.02. The van der Waals surface area contributed by atoms with Crippen molar-refractivity contribution in [2.24, 2.45) is 5.92 Å². The molecule has 2 saturated heterocycles. The number of nitrogens with zero attached hydrogens (tertiary/aromatic N) is 1. The highest BCUT2D eigenvalue weighted by Crippen LogP contribution is 2.34. The summed E-state index contributed by atoms with van der Waals surface area (Å²) in [6.45, 7) is 3.52. The zero-order valence-corrected chi connectivity index (χ0v) is 14.3. The molecule has 0 amide bonds. The van der Waals surface area contributed by atoms with Crippen LogP contribution in [0.5, 0.6) is 0 Å². The van der Waals surface area contributed by atoms with Crippen molar-refractivity contribution in [3.8, 4) is 0 Å². The summed E-state index contributed by atoms with van der Waals surface area (Å²) in [5.41, 5.74) is 1.02. The van der Waals surface area contributed by atoms with Gasteiger partial charge in [0.15, 0.2) is 0 Å². The van der Waals surface area contributed by atoms with E-state index in [-0.39, 0.29) is 12.0 Å².